The first kappa shape index (κ1) is 39.9. The van der Waals surface area contributed by atoms with Crippen molar-refractivity contribution < 1.29 is 57.0 Å². The lowest BCUT2D eigenvalue weighted by atomic mass is 9.82. The van der Waals surface area contributed by atoms with Crippen molar-refractivity contribution in [2.24, 2.45) is 5.92 Å². The van der Waals surface area contributed by atoms with Crippen molar-refractivity contribution in [2.75, 3.05) is 56.9 Å². The monoisotopic (exact) mass is 793 g/mol. The normalized spacial score (nSPS) is 22.5. The number of carboxylic acids is 2. The Hall–Kier alpha value is -4.77. The number of carbonyl (C=O) groups excluding carboxylic acids is 3. The minimum atomic E-state index is -4.86. The van der Waals surface area contributed by atoms with E-state index in [4.69, 9.17) is 22.1 Å². The van der Waals surface area contributed by atoms with E-state index in [1.54, 1.807) is 4.90 Å². The van der Waals surface area contributed by atoms with E-state index in [9.17, 15) is 47.4 Å². The second-order valence-electron chi connectivity index (χ2n) is 14.8. The fourth-order valence-electron chi connectivity index (χ4n) is 8.44. The van der Waals surface area contributed by atoms with Crippen LogP contribution in [0, 0.1) is 5.92 Å². The highest BCUT2D eigenvalue weighted by atomic mass is 35.5. The molecule has 298 valence electrons. The molecule has 0 saturated carbocycles. The Balaban J connectivity index is 1.15. The number of quaternary nitrogens is 1. The summed E-state index contributed by atoms with van der Waals surface area (Å²) in [6, 6.07) is 9.09. The zero-order valence-electron chi connectivity index (χ0n) is 30.1. The number of nitrogens with one attached hydrogen (secondary N) is 2. The van der Waals surface area contributed by atoms with E-state index in [0.29, 0.717) is 51.7 Å². The van der Waals surface area contributed by atoms with Gasteiger partial charge in [-0.1, -0.05) is 29.8 Å². The highest BCUT2D eigenvalue weighted by Gasteiger charge is 2.53. The second kappa shape index (κ2) is 16.1. The van der Waals surface area contributed by atoms with Crippen molar-refractivity contribution >= 4 is 52.9 Å². The molecule has 4 aliphatic heterocycles. The molecular formula is C37H45ClF3N6O8+. The van der Waals surface area contributed by atoms with E-state index in [0.717, 1.165) is 22.2 Å². The number of amides is 4. The molecule has 2 aromatic carbocycles. The summed E-state index contributed by atoms with van der Waals surface area (Å²) in [5.41, 5.74) is 4.20. The van der Waals surface area contributed by atoms with E-state index in [2.05, 4.69) is 5.32 Å². The zero-order chi connectivity index (χ0) is 39.7. The Morgan fingerprint density at radius 3 is 2.25 bits per heavy atom. The Labute approximate surface area is 320 Å². The van der Waals surface area contributed by atoms with Crippen LogP contribution in [0.25, 0.3) is 0 Å². The number of hydrogen-bond donors (Lipinski definition) is 5. The number of hydrogen-bond acceptors (Lipinski definition) is 7. The molecule has 3 fully saturated rings. The topological polar surface area (TPSA) is 187 Å². The van der Waals surface area contributed by atoms with Gasteiger partial charge in [-0.15, -0.1) is 0 Å². The van der Waals surface area contributed by atoms with Crippen molar-refractivity contribution in [2.45, 2.75) is 75.2 Å². The molecule has 4 heterocycles. The summed E-state index contributed by atoms with van der Waals surface area (Å²) >= 11 is 6.09. The van der Waals surface area contributed by atoms with Gasteiger partial charge in [-0.3, -0.25) is 9.59 Å². The van der Waals surface area contributed by atoms with Crippen LogP contribution < -0.4 is 16.0 Å². The molecule has 0 aliphatic carbocycles. The number of carboxylic acid groups (broad SMARTS) is 2. The van der Waals surface area contributed by atoms with Crippen LogP contribution in [0.2, 0.25) is 5.02 Å². The van der Waals surface area contributed by atoms with Crippen molar-refractivity contribution in [1.82, 2.24) is 14.7 Å². The molecule has 0 aromatic heterocycles. The Morgan fingerprint density at radius 2 is 1.64 bits per heavy atom. The third-order valence-electron chi connectivity index (χ3n) is 11.7. The molecule has 0 unspecified atom stereocenters. The van der Waals surface area contributed by atoms with Crippen molar-refractivity contribution in [1.29, 1.82) is 0 Å². The number of nitrogens with two attached hydrogens (primary N) is 1. The van der Waals surface area contributed by atoms with Crippen molar-refractivity contribution in [3.8, 4) is 0 Å². The Kier molecular flexibility index (Phi) is 11.7. The number of halogens is 4. The number of para-hydroxylation sites is 1. The first-order chi connectivity index (χ1) is 26.1. The van der Waals surface area contributed by atoms with E-state index in [1.807, 2.05) is 24.3 Å². The maximum atomic E-state index is 14.1. The average Bonchev–Trinajstić information content (AvgIpc) is 3.33. The van der Waals surface area contributed by atoms with Gasteiger partial charge >= 0.3 is 30.2 Å². The summed E-state index contributed by atoms with van der Waals surface area (Å²) in [7, 11) is 0. The number of rotatable bonds is 8. The van der Waals surface area contributed by atoms with Gasteiger partial charge in [-0.05, 0) is 48.6 Å². The van der Waals surface area contributed by atoms with Crippen LogP contribution in [0.1, 0.15) is 55.2 Å². The number of carbonyl (C=O) groups is 5. The van der Waals surface area contributed by atoms with Crippen LogP contribution in [-0.4, -0.2) is 118 Å². The quantitative estimate of drug-likeness (QED) is 0.250. The summed E-state index contributed by atoms with van der Waals surface area (Å²) in [6.45, 7) is 1.48. The Bertz CT molecular complexity index is 1810. The third-order valence-corrected chi connectivity index (χ3v) is 12.0. The van der Waals surface area contributed by atoms with E-state index < -0.39 is 65.3 Å². The lowest BCUT2D eigenvalue weighted by Gasteiger charge is -2.45. The molecule has 2 aromatic rings. The predicted molar refractivity (Wildman–Crippen MR) is 193 cm³/mol. The number of nitrogens with zero attached hydrogens (tertiary/aromatic N) is 3. The van der Waals surface area contributed by atoms with Gasteiger partial charge in [-0.25, -0.2) is 14.4 Å². The van der Waals surface area contributed by atoms with E-state index in [1.165, 1.54) is 15.9 Å². The number of alkyl halides is 3. The number of ether oxygens (including phenoxy) is 1. The molecule has 6 N–H and O–H groups in total. The number of aliphatic carboxylic acids is 2. The number of anilines is 2. The van der Waals surface area contributed by atoms with Gasteiger partial charge in [-0.2, -0.15) is 13.2 Å². The van der Waals surface area contributed by atoms with Crippen LogP contribution in [0.5, 0.6) is 0 Å². The maximum absolute atomic E-state index is 14.1. The number of urea groups is 1. The fraction of sp³-hybridized carbons (Fsp3) is 0.541. The maximum Gasteiger partial charge on any atom is 0.418 e. The molecule has 18 heteroatoms. The first-order valence-electron chi connectivity index (χ1n) is 18.4. The van der Waals surface area contributed by atoms with Crippen LogP contribution in [-0.2, 0) is 38.1 Å². The molecule has 4 aliphatic rings. The van der Waals surface area contributed by atoms with Gasteiger partial charge in [0.15, 0.2) is 11.6 Å². The molecule has 1 atom stereocenters. The van der Waals surface area contributed by atoms with Crippen LogP contribution in [0.3, 0.4) is 0 Å². The van der Waals surface area contributed by atoms with Gasteiger partial charge in [0.25, 0.3) is 5.91 Å². The number of benzene rings is 2. The molecule has 14 nitrogen and oxygen atoms in total. The summed E-state index contributed by atoms with van der Waals surface area (Å²) in [5.74, 6) is -3.24. The minimum absolute atomic E-state index is 0.0332. The molecular weight excluding hydrogens is 749 g/mol. The standard InChI is InChI=1S/C37H44ClF3N6O8/c38-27-20-22(19-26(30(27)42)37(39,40)41)21-29(31(48)44-17-10-36(11-18-44,33(51)52)46-14-5-24(6-15-46)32(49)50)55-35(54)45-12-8-25(9-13-45)47-16-7-23-3-1-2-4-28(23)43-34(47)53/h1-4,19-20,24-25,29H,5-18,21,42H2,(H,43,53)(H,49,50)(H,51,52)/p+1/t29-/m1/s1. The largest absolute Gasteiger partial charge is 0.481 e. The van der Waals surface area contributed by atoms with Crippen LogP contribution in [0.15, 0.2) is 36.4 Å². The second-order valence-corrected chi connectivity index (χ2v) is 15.2. The fourth-order valence-corrected chi connectivity index (χ4v) is 8.68. The highest BCUT2D eigenvalue weighted by molar-refractivity contribution is 6.33. The number of nitrogen functional groups attached to an aromatic ring is 1. The SMILES string of the molecule is Nc1c(Cl)cc(C[C@@H](OC(=O)N2CCC(N3CCc4ccccc4NC3=O)CC2)C(=O)N2CCC(C(=O)O)([NH+]3CCC(C(=O)O)CC3)CC2)cc1C(F)(F)F. The highest BCUT2D eigenvalue weighted by Crippen LogP contribution is 2.38. The van der Waals surface area contributed by atoms with Gasteiger partial charge < -0.3 is 45.6 Å². The van der Waals surface area contributed by atoms with E-state index in [-0.39, 0.29) is 61.7 Å². The summed E-state index contributed by atoms with van der Waals surface area (Å²) in [6.07, 6.45) is -5.54. The third kappa shape index (κ3) is 8.57. The number of piperidine rings is 3. The van der Waals surface area contributed by atoms with Crippen molar-refractivity contribution in [3.05, 3.63) is 58.1 Å². The minimum Gasteiger partial charge on any atom is -0.481 e. The van der Waals surface area contributed by atoms with Gasteiger partial charge in [0.2, 0.25) is 0 Å². The Morgan fingerprint density at radius 1 is 0.982 bits per heavy atom. The zero-order valence-corrected chi connectivity index (χ0v) is 30.8. The molecule has 4 amide bonds. The lowest BCUT2D eigenvalue weighted by molar-refractivity contribution is -0.949. The summed E-state index contributed by atoms with van der Waals surface area (Å²) in [5, 5.41) is 22.3. The van der Waals surface area contributed by atoms with E-state index >= 15 is 0 Å². The number of fused-ring (bicyclic) bond motifs is 1. The molecule has 0 radical (unpaired) electrons. The van der Waals surface area contributed by atoms with Crippen LogP contribution >= 0.6 is 11.6 Å². The van der Waals surface area contributed by atoms with Gasteiger partial charge in [0.1, 0.15) is 0 Å². The van der Waals surface area contributed by atoms with Crippen LogP contribution in [0.4, 0.5) is 34.1 Å². The predicted octanol–water partition coefficient (Wildman–Crippen LogP) is 3.37. The van der Waals surface area contributed by atoms with Gasteiger partial charge in [0.05, 0.1) is 35.3 Å². The molecule has 0 bridgehead atoms. The summed E-state index contributed by atoms with van der Waals surface area (Å²) < 4.78 is 47.4. The molecule has 3 saturated heterocycles. The molecule has 0 spiro atoms. The summed E-state index contributed by atoms with van der Waals surface area (Å²) in [4.78, 5) is 70.3. The number of likely N-dealkylation sites (tertiary alicyclic amines) is 3. The molecule has 6 rings (SSSR count). The lowest BCUT2D eigenvalue weighted by Crippen LogP contribution is -3.22. The van der Waals surface area contributed by atoms with Crippen molar-refractivity contribution in [3.63, 3.8) is 0 Å². The first-order valence-corrected chi connectivity index (χ1v) is 18.8. The van der Waals surface area contributed by atoms with Gasteiger partial charge in [0, 0.05) is 76.6 Å². The average molecular weight is 794 g/mol. The smallest absolute Gasteiger partial charge is 0.418 e. The molecule has 55 heavy (non-hydrogen) atoms.